The Bertz CT molecular complexity index is 1550. The summed E-state index contributed by atoms with van der Waals surface area (Å²) in [6.07, 6.45) is 6.42. The normalized spacial score (nSPS) is 16.2. The maximum atomic E-state index is 14.7. The first kappa shape index (κ1) is 23.1. The van der Waals surface area contributed by atoms with Crippen molar-refractivity contribution in [3.63, 3.8) is 0 Å². The minimum atomic E-state index is -1.19. The number of piperidine rings is 1. The van der Waals surface area contributed by atoms with Gasteiger partial charge in [0, 0.05) is 19.3 Å². The van der Waals surface area contributed by atoms with E-state index in [-0.39, 0.29) is 39.6 Å². The van der Waals surface area contributed by atoms with E-state index in [0.29, 0.717) is 13.1 Å². The Hall–Kier alpha value is -4.27. The zero-order chi connectivity index (χ0) is 25.7. The fourth-order valence-electron chi connectivity index (χ4n) is 5.81. The van der Waals surface area contributed by atoms with Crippen LogP contribution in [0.2, 0.25) is 0 Å². The van der Waals surface area contributed by atoms with Crippen LogP contribution in [-0.4, -0.2) is 49.6 Å². The van der Waals surface area contributed by atoms with Crippen molar-refractivity contribution in [1.82, 2.24) is 19.5 Å². The molecule has 1 saturated heterocycles. The van der Waals surface area contributed by atoms with Gasteiger partial charge in [-0.1, -0.05) is 30.3 Å². The molecule has 2 aromatic heterocycles. The first-order chi connectivity index (χ1) is 17.9. The Morgan fingerprint density at radius 2 is 1.84 bits per heavy atom. The van der Waals surface area contributed by atoms with Crippen molar-refractivity contribution < 1.29 is 19.1 Å². The number of rotatable bonds is 4. The van der Waals surface area contributed by atoms with Gasteiger partial charge in [0.25, 0.3) is 5.91 Å². The summed E-state index contributed by atoms with van der Waals surface area (Å²) < 4.78 is 15.9. The number of carbonyl (C=O) groups is 2. The second kappa shape index (κ2) is 8.69. The van der Waals surface area contributed by atoms with Crippen molar-refractivity contribution in [1.29, 1.82) is 0 Å². The first-order valence-corrected chi connectivity index (χ1v) is 12.4. The molecular weight excluding hydrogens is 473 g/mol. The molecule has 6 rings (SSSR count). The van der Waals surface area contributed by atoms with Crippen LogP contribution in [-0.2, 0) is 11.8 Å². The second-order valence-electron chi connectivity index (χ2n) is 9.96. The highest BCUT2D eigenvalue weighted by Crippen LogP contribution is 2.46. The van der Waals surface area contributed by atoms with Crippen LogP contribution in [0.1, 0.15) is 56.7 Å². The molecule has 37 heavy (non-hydrogen) atoms. The summed E-state index contributed by atoms with van der Waals surface area (Å²) >= 11 is 0. The second-order valence-corrected chi connectivity index (χ2v) is 9.96. The summed E-state index contributed by atoms with van der Waals surface area (Å²) in [4.78, 5) is 31.5. The fourth-order valence-corrected chi connectivity index (χ4v) is 5.81. The van der Waals surface area contributed by atoms with Crippen LogP contribution < -0.4 is 5.32 Å². The molecule has 4 aromatic rings. The van der Waals surface area contributed by atoms with E-state index in [0.717, 1.165) is 31.2 Å². The lowest BCUT2D eigenvalue weighted by atomic mass is 9.74. The minimum Gasteiger partial charge on any atom is -0.477 e. The molecule has 188 valence electrons. The average molecular weight is 500 g/mol. The Labute approximate surface area is 212 Å². The molecule has 2 N–H and O–H groups in total. The molecule has 1 spiro atoms. The molecule has 1 amide bonds. The SMILES string of the molecule is Cc1ccc(F)c(Nc2c(C(=O)N3CCC4(CCc5ccccc54)CC3)cnc3c(C(=O)O)cnn23)c1. The molecule has 3 heterocycles. The molecule has 1 aliphatic heterocycles. The van der Waals surface area contributed by atoms with Crippen LogP contribution >= 0.6 is 0 Å². The van der Waals surface area contributed by atoms with Gasteiger partial charge in [-0.3, -0.25) is 4.79 Å². The number of carboxylic acids is 1. The van der Waals surface area contributed by atoms with E-state index in [1.807, 2.05) is 6.92 Å². The van der Waals surface area contributed by atoms with E-state index >= 15 is 0 Å². The zero-order valence-electron chi connectivity index (χ0n) is 20.4. The largest absolute Gasteiger partial charge is 0.477 e. The highest BCUT2D eigenvalue weighted by atomic mass is 19.1. The monoisotopic (exact) mass is 499 g/mol. The van der Waals surface area contributed by atoms with Gasteiger partial charge in [-0.2, -0.15) is 9.61 Å². The number of likely N-dealkylation sites (tertiary alicyclic amines) is 1. The number of hydrogen-bond donors (Lipinski definition) is 2. The smallest absolute Gasteiger partial charge is 0.341 e. The van der Waals surface area contributed by atoms with Gasteiger partial charge in [0.15, 0.2) is 5.65 Å². The summed E-state index contributed by atoms with van der Waals surface area (Å²) in [5.41, 5.74) is 4.06. The maximum absolute atomic E-state index is 14.7. The van der Waals surface area contributed by atoms with Crippen LogP contribution in [0.3, 0.4) is 0 Å². The van der Waals surface area contributed by atoms with Gasteiger partial charge in [0.2, 0.25) is 0 Å². The zero-order valence-corrected chi connectivity index (χ0v) is 20.4. The molecule has 1 aliphatic carbocycles. The number of carboxylic acid groups (broad SMARTS) is 1. The molecule has 0 radical (unpaired) electrons. The van der Waals surface area contributed by atoms with Crippen LogP contribution in [0.5, 0.6) is 0 Å². The lowest BCUT2D eigenvalue weighted by Gasteiger charge is -2.40. The number of aromatic nitrogens is 3. The van der Waals surface area contributed by atoms with Crippen LogP contribution in [0.4, 0.5) is 15.9 Å². The molecule has 0 atom stereocenters. The number of fused-ring (bicyclic) bond motifs is 3. The number of aromatic carboxylic acids is 1. The lowest BCUT2D eigenvalue weighted by Crippen LogP contribution is -2.44. The van der Waals surface area contributed by atoms with Crippen molar-refractivity contribution in [2.45, 2.75) is 38.0 Å². The molecular formula is C28H26FN5O3. The van der Waals surface area contributed by atoms with Gasteiger partial charge >= 0.3 is 5.97 Å². The summed E-state index contributed by atoms with van der Waals surface area (Å²) in [6.45, 7) is 3.01. The molecule has 0 bridgehead atoms. The van der Waals surface area contributed by atoms with Crippen molar-refractivity contribution >= 4 is 29.0 Å². The summed E-state index contributed by atoms with van der Waals surface area (Å²) in [5.74, 6) is -1.76. The standard InChI is InChI=1S/C28H26FN5O3/c1-17-6-7-22(29)23(14-17)32-25-19(15-30-24-20(27(36)37)16-31-34(24)25)26(35)33-12-10-28(11-13-33)9-8-18-4-2-3-5-21(18)28/h2-7,14-16,32H,8-13H2,1H3,(H,36,37). The third-order valence-electron chi connectivity index (χ3n) is 7.83. The Kier molecular flexibility index (Phi) is 5.43. The predicted molar refractivity (Wildman–Crippen MR) is 136 cm³/mol. The van der Waals surface area contributed by atoms with Gasteiger partial charge in [-0.15, -0.1) is 0 Å². The fraction of sp³-hybridized carbons (Fsp3) is 0.286. The molecule has 0 unspecified atom stereocenters. The number of aryl methyl sites for hydroxylation is 2. The Balaban J connectivity index is 1.35. The van der Waals surface area contributed by atoms with E-state index in [4.69, 9.17) is 0 Å². The highest BCUT2D eigenvalue weighted by Gasteiger charge is 2.42. The number of hydrogen-bond acceptors (Lipinski definition) is 5. The van der Waals surface area contributed by atoms with Gasteiger partial charge < -0.3 is 15.3 Å². The van der Waals surface area contributed by atoms with E-state index in [9.17, 15) is 19.1 Å². The Morgan fingerprint density at radius 3 is 2.62 bits per heavy atom. The quantitative estimate of drug-likeness (QED) is 0.421. The number of carbonyl (C=O) groups excluding carboxylic acids is 1. The first-order valence-electron chi connectivity index (χ1n) is 12.4. The van der Waals surface area contributed by atoms with Gasteiger partial charge in [0.1, 0.15) is 22.8 Å². The summed E-state index contributed by atoms with van der Waals surface area (Å²) in [7, 11) is 0. The number of amides is 1. The van der Waals surface area contributed by atoms with E-state index in [1.165, 1.54) is 34.1 Å². The van der Waals surface area contributed by atoms with Gasteiger partial charge in [-0.25, -0.2) is 14.2 Å². The van der Waals surface area contributed by atoms with E-state index < -0.39 is 11.8 Å². The van der Waals surface area contributed by atoms with Crippen molar-refractivity contribution in [3.05, 3.63) is 88.5 Å². The van der Waals surface area contributed by atoms with Crippen LogP contribution in [0.15, 0.2) is 54.9 Å². The topological polar surface area (TPSA) is 99.8 Å². The van der Waals surface area contributed by atoms with Gasteiger partial charge in [-0.05, 0) is 66.8 Å². The number of nitrogens with one attached hydrogen (secondary N) is 1. The maximum Gasteiger partial charge on any atom is 0.341 e. The van der Waals surface area contributed by atoms with E-state index in [2.05, 4.69) is 39.7 Å². The average Bonchev–Trinajstić information content (AvgIpc) is 3.49. The Morgan fingerprint density at radius 1 is 1.05 bits per heavy atom. The van der Waals surface area contributed by atoms with Crippen LogP contribution in [0.25, 0.3) is 5.65 Å². The molecule has 2 aliphatic rings. The highest BCUT2D eigenvalue weighted by molar-refractivity contribution is 6.01. The molecule has 9 heteroatoms. The van der Waals surface area contributed by atoms with Gasteiger partial charge in [0.05, 0.1) is 11.9 Å². The van der Waals surface area contributed by atoms with Crippen molar-refractivity contribution in [2.75, 3.05) is 18.4 Å². The summed E-state index contributed by atoms with van der Waals surface area (Å²) in [5, 5.41) is 16.7. The van der Waals surface area contributed by atoms with Crippen molar-refractivity contribution in [2.24, 2.45) is 0 Å². The molecule has 1 fully saturated rings. The molecule has 0 saturated carbocycles. The molecule has 8 nitrogen and oxygen atoms in total. The number of anilines is 2. The minimum absolute atomic E-state index is 0.0692. The lowest BCUT2D eigenvalue weighted by molar-refractivity contribution is 0.0664. The van der Waals surface area contributed by atoms with Crippen molar-refractivity contribution in [3.8, 4) is 0 Å². The third-order valence-corrected chi connectivity index (χ3v) is 7.83. The van der Waals surface area contributed by atoms with Crippen LogP contribution in [0, 0.1) is 12.7 Å². The number of benzene rings is 2. The summed E-state index contributed by atoms with van der Waals surface area (Å²) in [6, 6.07) is 13.2. The predicted octanol–water partition coefficient (Wildman–Crippen LogP) is 4.74. The number of nitrogens with zero attached hydrogens (tertiary/aromatic N) is 4. The third kappa shape index (κ3) is 3.82. The number of halogens is 1. The molecule has 2 aromatic carbocycles. The van der Waals surface area contributed by atoms with E-state index in [1.54, 1.807) is 17.0 Å².